The Kier molecular flexibility index (Phi) is 4.50. The van der Waals surface area contributed by atoms with Crippen LogP contribution in [0.5, 0.6) is 0 Å². The Morgan fingerprint density at radius 3 is 2.23 bits per heavy atom. The Morgan fingerprint density at radius 1 is 1.31 bits per heavy atom. The third-order valence-corrected chi connectivity index (χ3v) is 1.47. The van der Waals surface area contributed by atoms with Crippen LogP contribution in [0.3, 0.4) is 0 Å². The van der Waals surface area contributed by atoms with Crippen LogP contribution in [0.15, 0.2) is 12.2 Å². The first-order valence-corrected chi connectivity index (χ1v) is 4.16. The van der Waals surface area contributed by atoms with E-state index in [1.54, 1.807) is 0 Å². The van der Waals surface area contributed by atoms with Gasteiger partial charge in [-0.15, -0.1) is 0 Å². The van der Waals surface area contributed by atoms with E-state index in [1.165, 1.54) is 6.08 Å². The number of nitrogens with two attached hydrogens (primary N) is 1. The minimum Gasteiger partial charge on any atom is -0.370 e. The van der Waals surface area contributed by atoms with Crippen LogP contribution in [0, 0.1) is 0 Å². The summed E-state index contributed by atoms with van der Waals surface area (Å²) in [5, 5.41) is 0. The molecule has 13 heavy (non-hydrogen) atoms. The highest BCUT2D eigenvalue weighted by Crippen LogP contribution is 2.13. The zero-order valence-corrected chi connectivity index (χ0v) is 8.31. The lowest BCUT2D eigenvalue weighted by atomic mass is 10.1. The van der Waals surface area contributed by atoms with Crippen LogP contribution in [0.1, 0.15) is 20.8 Å². The monoisotopic (exact) mass is 193 g/mol. The van der Waals surface area contributed by atoms with Gasteiger partial charge in [0.25, 0.3) is 5.92 Å². The van der Waals surface area contributed by atoms with Gasteiger partial charge in [0, 0.05) is 13.5 Å². The molecule has 2 N–H and O–H groups in total. The summed E-state index contributed by atoms with van der Waals surface area (Å²) in [5.74, 6) is -2.77. The molecular formula is C9H17F2NO. The summed E-state index contributed by atoms with van der Waals surface area (Å²) in [4.78, 5) is 0. The van der Waals surface area contributed by atoms with Crippen LogP contribution in [0.2, 0.25) is 0 Å². The van der Waals surface area contributed by atoms with Gasteiger partial charge in [-0.05, 0) is 19.9 Å². The molecule has 0 rings (SSSR count). The van der Waals surface area contributed by atoms with Gasteiger partial charge >= 0.3 is 0 Å². The Morgan fingerprint density at radius 2 is 1.85 bits per heavy atom. The fourth-order valence-electron chi connectivity index (χ4n) is 0.588. The summed E-state index contributed by atoms with van der Waals surface area (Å²) in [6.45, 7) is 4.98. The zero-order valence-electron chi connectivity index (χ0n) is 8.31. The van der Waals surface area contributed by atoms with Crippen molar-refractivity contribution in [3.8, 4) is 0 Å². The molecule has 0 aliphatic heterocycles. The second kappa shape index (κ2) is 4.67. The van der Waals surface area contributed by atoms with Gasteiger partial charge in [-0.25, -0.2) is 8.78 Å². The smallest absolute Gasteiger partial charge is 0.263 e. The first-order chi connectivity index (χ1) is 5.77. The van der Waals surface area contributed by atoms with Crippen molar-refractivity contribution in [3.63, 3.8) is 0 Å². The van der Waals surface area contributed by atoms with Gasteiger partial charge in [0.15, 0.2) is 0 Å². The highest BCUT2D eigenvalue weighted by atomic mass is 19.3. The van der Waals surface area contributed by atoms with Gasteiger partial charge in [-0.2, -0.15) is 0 Å². The molecule has 0 aromatic carbocycles. The number of halogens is 2. The first kappa shape index (κ1) is 12.5. The van der Waals surface area contributed by atoms with Crippen molar-refractivity contribution in [1.82, 2.24) is 0 Å². The van der Waals surface area contributed by atoms with Gasteiger partial charge < -0.3 is 10.5 Å². The molecule has 0 spiro atoms. The van der Waals surface area contributed by atoms with E-state index in [4.69, 9.17) is 10.5 Å². The zero-order chi connectivity index (χ0) is 10.5. The van der Waals surface area contributed by atoms with E-state index >= 15 is 0 Å². The molecule has 0 amide bonds. The van der Waals surface area contributed by atoms with Crippen LogP contribution in [-0.4, -0.2) is 24.7 Å². The molecule has 0 aliphatic rings. The molecular weight excluding hydrogens is 176 g/mol. The van der Waals surface area contributed by atoms with E-state index in [2.05, 4.69) is 0 Å². The number of rotatable bonds is 5. The summed E-state index contributed by atoms with van der Waals surface area (Å²) < 4.78 is 29.7. The first-order valence-electron chi connectivity index (χ1n) is 4.16. The topological polar surface area (TPSA) is 35.2 Å². The number of ether oxygens (including phenoxy) is 1. The third-order valence-electron chi connectivity index (χ3n) is 1.47. The summed E-state index contributed by atoms with van der Waals surface area (Å²) >= 11 is 0. The lowest BCUT2D eigenvalue weighted by Crippen LogP contribution is -2.34. The minimum atomic E-state index is -2.77. The highest BCUT2D eigenvalue weighted by molar-refractivity contribution is 4.92. The standard InChI is InChI=1S/C9H17F2NO/c1-8(2,7-12)13-6-4-5-9(3,10)11/h4-5H,6-7,12H2,1-3H3/b5-4+. The number of allylic oxidation sites excluding steroid dienone is 1. The minimum absolute atomic E-state index is 0.160. The summed E-state index contributed by atoms with van der Waals surface area (Å²) in [5.41, 5.74) is 4.93. The number of alkyl halides is 2. The Hall–Kier alpha value is -0.480. The van der Waals surface area contributed by atoms with E-state index in [0.29, 0.717) is 6.54 Å². The normalized spacial score (nSPS) is 14.0. The van der Waals surface area contributed by atoms with Crippen molar-refractivity contribution >= 4 is 0 Å². The highest BCUT2D eigenvalue weighted by Gasteiger charge is 2.16. The predicted molar refractivity (Wildman–Crippen MR) is 48.8 cm³/mol. The Bertz CT molecular complexity index is 173. The van der Waals surface area contributed by atoms with E-state index < -0.39 is 11.5 Å². The van der Waals surface area contributed by atoms with Crippen LogP contribution < -0.4 is 5.73 Å². The van der Waals surface area contributed by atoms with Crippen molar-refractivity contribution in [2.75, 3.05) is 13.2 Å². The number of hydrogen-bond acceptors (Lipinski definition) is 2. The van der Waals surface area contributed by atoms with E-state index in [9.17, 15) is 8.78 Å². The Labute approximate surface area is 77.8 Å². The van der Waals surface area contributed by atoms with Crippen LogP contribution in [-0.2, 0) is 4.74 Å². The van der Waals surface area contributed by atoms with E-state index in [1.807, 2.05) is 13.8 Å². The fourth-order valence-corrected chi connectivity index (χ4v) is 0.588. The molecule has 0 aromatic rings. The molecule has 0 heterocycles. The molecule has 0 atom stereocenters. The largest absolute Gasteiger partial charge is 0.370 e. The second-order valence-corrected chi connectivity index (χ2v) is 3.63. The van der Waals surface area contributed by atoms with Crippen molar-refractivity contribution in [1.29, 1.82) is 0 Å². The average Bonchev–Trinajstić information content (AvgIpc) is 1.97. The maximum atomic E-state index is 12.3. The molecule has 0 fully saturated rings. The van der Waals surface area contributed by atoms with Crippen LogP contribution in [0.25, 0.3) is 0 Å². The van der Waals surface area contributed by atoms with E-state index in [0.717, 1.165) is 13.0 Å². The SMILES string of the molecule is CC(F)(F)/C=C/COC(C)(C)CN. The molecule has 0 radical (unpaired) electrons. The van der Waals surface area contributed by atoms with Crippen molar-refractivity contribution < 1.29 is 13.5 Å². The maximum absolute atomic E-state index is 12.3. The molecule has 78 valence electrons. The predicted octanol–water partition coefficient (Wildman–Crippen LogP) is 1.95. The third kappa shape index (κ3) is 7.87. The average molecular weight is 193 g/mol. The molecule has 0 unspecified atom stereocenters. The van der Waals surface area contributed by atoms with Gasteiger partial charge in [0.05, 0.1) is 12.2 Å². The summed E-state index contributed by atoms with van der Waals surface area (Å²) in [6, 6.07) is 0. The van der Waals surface area contributed by atoms with Crippen molar-refractivity contribution in [3.05, 3.63) is 12.2 Å². The lowest BCUT2D eigenvalue weighted by molar-refractivity contribution is 0.00533. The molecule has 2 nitrogen and oxygen atoms in total. The summed E-state index contributed by atoms with van der Waals surface area (Å²) in [6.07, 6.45) is 2.12. The number of hydrogen-bond donors (Lipinski definition) is 1. The van der Waals surface area contributed by atoms with Crippen molar-refractivity contribution in [2.45, 2.75) is 32.3 Å². The molecule has 0 saturated carbocycles. The molecule has 0 bridgehead atoms. The molecule has 0 aliphatic carbocycles. The van der Waals surface area contributed by atoms with E-state index in [-0.39, 0.29) is 6.61 Å². The van der Waals surface area contributed by atoms with Gasteiger partial charge in [-0.3, -0.25) is 0 Å². The summed E-state index contributed by atoms with van der Waals surface area (Å²) in [7, 11) is 0. The van der Waals surface area contributed by atoms with Crippen LogP contribution >= 0.6 is 0 Å². The Balaban J connectivity index is 3.74. The maximum Gasteiger partial charge on any atom is 0.263 e. The van der Waals surface area contributed by atoms with Gasteiger partial charge in [-0.1, -0.05) is 6.08 Å². The molecule has 0 aromatic heterocycles. The fraction of sp³-hybridized carbons (Fsp3) is 0.778. The van der Waals surface area contributed by atoms with Gasteiger partial charge in [0.2, 0.25) is 0 Å². The molecule has 4 heteroatoms. The quantitative estimate of drug-likeness (QED) is 0.677. The second-order valence-electron chi connectivity index (χ2n) is 3.63. The van der Waals surface area contributed by atoms with Gasteiger partial charge in [0.1, 0.15) is 0 Å². The molecule has 0 saturated heterocycles. The van der Waals surface area contributed by atoms with Crippen molar-refractivity contribution in [2.24, 2.45) is 5.73 Å². The lowest BCUT2D eigenvalue weighted by Gasteiger charge is -2.22. The van der Waals surface area contributed by atoms with Crippen LogP contribution in [0.4, 0.5) is 8.78 Å².